The lowest BCUT2D eigenvalue weighted by Crippen LogP contribution is -2.36. The quantitative estimate of drug-likeness (QED) is 0.604. The molecular weight excluding hydrogens is 407 g/mol. The first kappa shape index (κ1) is 19.8. The van der Waals surface area contributed by atoms with Gasteiger partial charge in [-0.25, -0.2) is 0 Å². The zero-order valence-electron chi connectivity index (χ0n) is 16.4. The number of nitriles is 1. The third-order valence-electron chi connectivity index (χ3n) is 5.47. The second-order valence-electron chi connectivity index (χ2n) is 8.37. The summed E-state index contributed by atoms with van der Waals surface area (Å²) in [4.78, 5) is 13.1. The van der Waals surface area contributed by atoms with Crippen molar-refractivity contribution in [3.05, 3.63) is 68.7 Å². The molecule has 4 rings (SSSR count). The number of carbonyl (C=O) groups is 1. The normalized spacial score (nSPS) is 21.0. The molecule has 148 valence electrons. The van der Waals surface area contributed by atoms with Gasteiger partial charge in [-0.15, -0.1) is 0 Å². The minimum atomic E-state index is -0.522. The molecule has 1 atom stereocenters. The molecule has 2 heterocycles. The number of rotatable bonds is 2. The number of allylic oxidation sites excluding steroid dienone is 4. The van der Waals surface area contributed by atoms with Crippen molar-refractivity contribution in [3.63, 3.8) is 0 Å². The van der Waals surface area contributed by atoms with Gasteiger partial charge >= 0.3 is 0 Å². The van der Waals surface area contributed by atoms with E-state index in [-0.39, 0.29) is 11.2 Å². The predicted molar refractivity (Wildman–Crippen MR) is 113 cm³/mol. The largest absolute Gasteiger partial charge is 0.460 e. The smallest absolute Gasteiger partial charge is 0.162 e. The van der Waals surface area contributed by atoms with Crippen LogP contribution in [0.3, 0.4) is 0 Å². The Morgan fingerprint density at radius 2 is 1.97 bits per heavy atom. The second kappa shape index (κ2) is 7.09. The zero-order chi connectivity index (χ0) is 20.9. The van der Waals surface area contributed by atoms with Crippen LogP contribution in [0.4, 0.5) is 0 Å². The van der Waals surface area contributed by atoms with Gasteiger partial charge in [0.2, 0.25) is 0 Å². The van der Waals surface area contributed by atoms with E-state index in [2.05, 4.69) is 25.2 Å². The molecule has 1 unspecified atom stereocenters. The summed E-state index contributed by atoms with van der Waals surface area (Å²) in [7, 11) is 0. The average molecular weight is 427 g/mol. The Kier molecular flexibility index (Phi) is 4.85. The zero-order valence-corrected chi connectivity index (χ0v) is 17.9. The first-order valence-electron chi connectivity index (χ1n) is 9.39. The third-order valence-corrected chi connectivity index (χ3v) is 6.03. The van der Waals surface area contributed by atoms with Crippen molar-refractivity contribution < 1.29 is 9.21 Å². The van der Waals surface area contributed by atoms with Crippen LogP contribution < -0.4 is 5.32 Å². The molecule has 1 aliphatic carbocycles. The second-order valence-corrected chi connectivity index (χ2v) is 9.21. The lowest BCUT2D eigenvalue weighted by Gasteiger charge is -2.38. The standard InChI is InChI=1S/C23H20Cl2N2O2/c1-12-15(11-26)21(22-17(27-12)9-23(2,3)10-18(22)28)20-7-6-19(29-20)14-8-13(24)4-5-16(14)25/h4-8,21,27H,9-10H2,1-3H3. The van der Waals surface area contributed by atoms with Crippen molar-refractivity contribution in [2.45, 2.75) is 39.5 Å². The van der Waals surface area contributed by atoms with Gasteiger partial charge < -0.3 is 9.73 Å². The Morgan fingerprint density at radius 1 is 1.21 bits per heavy atom. The number of Topliss-reactive ketones (excluding diaryl/α,β-unsaturated/α-hetero) is 1. The van der Waals surface area contributed by atoms with E-state index < -0.39 is 5.92 Å². The molecule has 29 heavy (non-hydrogen) atoms. The molecule has 0 fully saturated rings. The molecule has 1 aliphatic heterocycles. The van der Waals surface area contributed by atoms with Gasteiger partial charge in [-0.2, -0.15) is 5.26 Å². The fourth-order valence-corrected chi connectivity index (χ4v) is 4.59. The van der Waals surface area contributed by atoms with Crippen molar-refractivity contribution in [1.82, 2.24) is 5.32 Å². The maximum Gasteiger partial charge on any atom is 0.162 e. The number of furan rings is 1. The van der Waals surface area contributed by atoms with E-state index in [1.165, 1.54) is 0 Å². The number of dihydropyridines is 1. The van der Waals surface area contributed by atoms with E-state index in [4.69, 9.17) is 27.6 Å². The summed E-state index contributed by atoms with van der Waals surface area (Å²) in [6.07, 6.45) is 1.18. The van der Waals surface area contributed by atoms with Crippen LogP contribution in [0.25, 0.3) is 11.3 Å². The number of halogens is 2. The first-order chi connectivity index (χ1) is 13.7. The van der Waals surface area contributed by atoms with Crippen LogP contribution in [0.5, 0.6) is 0 Å². The molecule has 1 aromatic carbocycles. The van der Waals surface area contributed by atoms with Gasteiger partial charge in [0.15, 0.2) is 5.78 Å². The average Bonchev–Trinajstić information content (AvgIpc) is 3.11. The number of carbonyl (C=O) groups excluding carboxylic acids is 1. The van der Waals surface area contributed by atoms with E-state index in [0.717, 1.165) is 17.8 Å². The van der Waals surface area contributed by atoms with Crippen LogP contribution in [0, 0.1) is 16.7 Å². The summed E-state index contributed by atoms with van der Waals surface area (Å²) in [6, 6.07) is 11.0. The van der Waals surface area contributed by atoms with Crippen molar-refractivity contribution in [2.75, 3.05) is 0 Å². The maximum atomic E-state index is 13.1. The molecule has 0 spiro atoms. The molecule has 1 aromatic heterocycles. The van der Waals surface area contributed by atoms with Crippen LogP contribution in [0.2, 0.25) is 10.0 Å². The van der Waals surface area contributed by atoms with E-state index in [0.29, 0.717) is 44.7 Å². The van der Waals surface area contributed by atoms with Crippen molar-refractivity contribution in [2.24, 2.45) is 5.41 Å². The molecule has 2 aliphatic rings. The molecule has 0 amide bonds. The van der Waals surface area contributed by atoms with Crippen molar-refractivity contribution in [3.8, 4) is 17.4 Å². The Balaban J connectivity index is 1.84. The fourth-order valence-electron chi connectivity index (χ4n) is 4.21. The summed E-state index contributed by atoms with van der Waals surface area (Å²) in [6.45, 7) is 6.02. The molecule has 0 saturated carbocycles. The molecule has 0 saturated heterocycles. The monoisotopic (exact) mass is 426 g/mol. The highest BCUT2D eigenvalue weighted by Gasteiger charge is 2.42. The number of hydrogen-bond acceptors (Lipinski definition) is 4. The molecule has 6 heteroatoms. The summed E-state index contributed by atoms with van der Waals surface area (Å²) in [5.41, 5.74) is 3.30. The predicted octanol–water partition coefficient (Wildman–Crippen LogP) is 6.38. The fraction of sp³-hybridized carbons (Fsp3) is 0.304. The van der Waals surface area contributed by atoms with E-state index in [1.54, 1.807) is 24.3 Å². The minimum Gasteiger partial charge on any atom is -0.460 e. The van der Waals surface area contributed by atoms with Gasteiger partial charge in [0, 0.05) is 34.0 Å². The Hall–Kier alpha value is -2.48. The Morgan fingerprint density at radius 3 is 2.69 bits per heavy atom. The third kappa shape index (κ3) is 3.50. The van der Waals surface area contributed by atoms with Crippen LogP contribution in [0.15, 0.2) is 57.3 Å². The van der Waals surface area contributed by atoms with Gasteiger partial charge in [0.1, 0.15) is 11.5 Å². The molecule has 0 bridgehead atoms. The molecule has 1 N–H and O–H groups in total. The van der Waals surface area contributed by atoms with E-state index >= 15 is 0 Å². The van der Waals surface area contributed by atoms with Crippen LogP contribution in [-0.2, 0) is 4.79 Å². The van der Waals surface area contributed by atoms with Gasteiger partial charge in [-0.05, 0) is 49.1 Å². The summed E-state index contributed by atoms with van der Waals surface area (Å²) in [5.74, 6) is 0.625. The molecule has 2 aromatic rings. The van der Waals surface area contributed by atoms with Crippen molar-refractivity contribution in [1.29, 1.82) is 5.26 Å². The van der Waals surface area contributed by atoms with Gasteiger partial charge in [0.25, 0.3) is 0 Å². The number of hydrogen-bond donors (Lipinski definition) is 1. The van der Waals surface area contributed by atoms with E-state index in [1.807, 2.05) is 13.0 Å². The van der Waals surface area contributed by atoms with Gasteiger partial charge in [-0.1, -0.05) is 37.0 Å². The highest BCUT2D eigenvalue weighted by molar-refractivity contribution is 6.35. The first-order valence-corrected chi connectivity index (χ1v) is 10.1. The Bertz CT molecular complexity index is 1130. The van der Waals surface area contributed by atoms with Crippen molar-refractivity contribution >= 4 is 29.0 Å². The van der Waals surface area contributed by atoms with Crippen LogP contribution in [0.1, 0.15) is 45.3 Å². The van der Waals surface area contributed by atoms with Gasteiger partial charge in [-0.3, -0.25) is 4.79 Å². The minimum absolute atomic E-state index is 0.0488. The Labute approximate surface area is 179 Å². The SMILES string of the molecule is CC1=C(C#N)C(c2ccc(-c3cc(Cl)ccc3Cl)o2)C2=C(CC(C)(C)CC2=O)N1. The van der Waals surface area contributed by atoms with Gasteiger partial charge in [0.05, 0.1) is 22.6 Å². The molecule has 0 radical (unpaired) electrons. The lowest BCUT2D eigenvalue weighted by molar-refractivity contribution is -0.118. The van der Waals surface area contributed by atoms with Crippen LogP contribution >= 0.6 is 23.2 Å². The summed E-state index contributed by atoms with van der Waals surface area (Å²) < 4.78 is 6.13. The highest BCUT2D eigenvalue weighted by atomic mass is 35.5. The summed E-state index contributed by atoms with van der Waals surface area (Å²) in [5, 5.41) is 14.2. The molecule has 4 nitrogen and oxygen atoms in total. The lowest BCUT2D eigenvalue weighted by atomic mass is 9.70. The maximum absolute atomic E-state index is 13.1. The number of nitrogens with one attached hydrogen (secondary N) is 1. The number of nitrogens with zero attached hydrogens (tertiary/aromatic N) is 1. The number of ketones is 1. The summed E-state index contributed by atoms with van der Waals surface area (Å²) >= 11 is 12.4. The van der Waals surface area contributed by atoms with E-state index in [9.17, 15) is 10.1 Å². The topological polar surface area (TPSA) is 66.0 Å². The van der Waals surface area contributed by atoms with Crippen LogP contribution in [-0.4, -0.2) is 5.78 Å². The highest BCUT2D eigenvalue weighted by Crippen LogP contribution is 2.47. The number of benzene rings is 1. The molecular formula is C23H20Cl2N2O2.